The Morgan fingerprint density at radius 3 is 2.72 bits per heavy atom. The molecule has 2 heterocycles. The minimum atomic E-state index is -3.17. The Hall–Kier alpha value is -2.84. The highest BCUT2D eigenvalue weighted by Crippen LogP contribution is 2.28. The summed E-state index contributed by atoms with van der Waals surface area (Å²) in [7, 11) is 0. The van der Waals surface area contributed by atoms with Gasteiger partial charge in [-0.05, 0) is 23.8 Å². The molecule has 5 nitrogen and oxygen atoms in total. The Balaban J connectivity index is 1.90. The number of amides is 1. The largest absolute Gasteiger partial charge is 0.448 e. The number of aromatic nitrogens is 1. The molecule has 1 aliphatic rings. The number of carbonyl (C=O) groups is 1. The van der Waals surface area contributed by atoms with E-state index >= 15 is 0 Å². The van der Waals surface area contributed by atoms with Crippen molar-refractivity contribution in [2.75, 3.05) is 13.2 Å². The van der Waals surface area contributed by atoms with E-state index in [4.69, 9.17) is 4.74 Å². The van der Waals surface area contributed by atoms with E-state index in [1.807, 2.05) is 0 Å². The van der Waals surface area contributed by atoms with Gasteiger partial charge in [-0.1, -0.05) is 6.07 Å². The predicted molar refractivity (Wildman–Crippen MR) is 78.0 cm³/mol. The number of benzene rings is 1. The fourth-order valence-electron chi connectivity index (χ4n) is 2.41. The zero-order valence-corrected chi connectivity index (χ0v) is 12.7. The molecule has 9 heteroatoms. The number of pyridine rings is 1. The van der Waals surface area contributed by atoms with Gasteiger partial charge in [0, 0.05) is 17.3 Å². The molecule has 0 spiro atoms. The summed E-state index contributed by atoms with van der Waals surface area (Å²) in [6.07, 6.45) is 0.625. The average molecular weight is 356 g/mol. The van der Waals surface area contributed by atoms with Crippen LogP contribution >= 0.6 is 0 Å². The molecule has 0 radical (unpaired) electrons. The molecule has 1 fully saturated rings. The fraction of sp³-hybridized carbons (Fsp3) is 0.250. The Morgan fingerprint density at radius 2 is 2.04 bits per heavy atom. The summed E-state index contributed by atoms with van der Waals surface area (Å²) in [6, 6.07) is 4.78. The number of halogens is 4. The van der Waals surface area contributed by atoms with E-state index < -0.39 is 30.2 Å². The SMILES string of the molecule is O=C1OCCN1Cc1cc(-c2ccc(F)c(OC(F)F)c2)cnc1F. The van der Waals surface area contributed by atoms with Crippen LogP contribution in [-0.2, 0) is 11.3 Å². The average Bonchev–Trinajstić information content (AvgIpc) is 2.96. The van der Waals surface area contributed by atoms with Crippen molar-refractivity contribution in [3.8, 4) is 16.9 Å². The zero-order chi connectivity index (χ0) is 18.0. The van der Waals surface area contributed by atoms with Gasteiger partial charge in [0.1, 0.15) is 6.61 Å². The second kappa shape index (κ2) is 6.96. The van der Waals surface area contributed by atoms with E-state index in [1.54, 1.807) is 0 Å². The van der Waals surface area contributed by atoms with Crippen molar-refractivity contribution in [3.63, 3.8) is 0 Å². The third-order valence-corrected chi connectivity index (χ3v) is 3.60. The van der Waals surface area contributed by atoms with Crippen molar-refractivity contribution < 1.29 is 31.8 Å². The monoisotopic (exact) mass is 356 g/mol. The van der Waals surface area contributed by atoms with Gasteiger partial charge in [-0.3, -0.25) is 0 Å². The molecule has 0 N–H and O–H groups in total. The first-order valence-electron chi connectivity index (χ1n) is 7.25. The maximum absolute atomic E-state index is 13.9. The summed E-state index contributed by atoms with van der Waals surface area (Å²) < 4.78 is 60.9. The van der Waals surface area contributed by atoms with Gasteiger partial charge in [0.05, 0.1) is 13.1 Å². The minimum absolute atomic E-state index is 0.0485. The van der Waals surface area contributed by atoms with Crippen molar-refractivity contribution in [1.29, 1.82) is 0 Å². The van der Waals surface area contributed by atoms with E-state index in [9.17, 15) is 22.4 Å². The molecule has 0 unspecified atom stereocenters. The molecule has 1 aliphatic heterocycles. The molecule has 1 saturated heterocycles. The topological polar surface area (TPSA) is 51.7 Å². The quantitative estimate of drug-likeness (QED) is 0.607. The number of hydrogen-bond donors (Lipinski definition) is 0. The molecule has 132 valence electrons. The summed E-state index contributed by atoms with van der Waals surface area (Å²) in [5, 5.41) is 0. The van der Waals surface area contributed by atoms with Gasteiger partial charge in [0.25, 0.3) is 0 Å². The highest BCUT2D eigenvalue weighted by atomic mass is 19.3. The molecule has 0 atom stereocenters. The van der Waals surface area contributed by atoms with Gasteiger partial charge in [-0.25, -0.2) is 14.2 Å². The third-order valence-electron chi connectivity index (χ3n) is 3.60. The lowest BCUT2D eigenvalue weighted by molar-refractivity contribution is -0.0521. The van der Waals surface area contributed by atoms with Crippen molar-refractivity contribution >= 4 is 6.09 Å². The summed E-state index contributed by atoms with van der Waals surface area (Å²) in [6.45, 7) is -2.67. The maximum Gasteiger partial charge on any atom is 0.410 e. The van der Waals surface area contributed by atoms with Crippen molar-refractivity contribution in [3.05, 3.63) is 47.8 Å². The van der Waals surface area contributed by atoms with Crippen LogP contribution in [0.5, 0.6) is 5.75 Å². The molecular formula is C16H12F4N2O3. The number of nitrogens with zero attached hydrogens (tertiary/aromatic N) is 2. The highest BCUT2D eigenvalue weighted by Gasteiger charge is 2.23. The van der Waals surface area contributed by atoms with Gasteiger partial charge in [0.2, 0.25) is 5.95 Å². The summed E-state index contributed by atoms with van der Waals surface area (Å²) in [5.74, 6) is -2.34. The lowest BCUT2D eigenvalue weighted by Crippen LogP contribution is -2.24. The fourth-order valence-corrected chi connectivity index (χ4v) is 2.41. The molecule has 2 aromatic rings. The Labute approximate surface area is 139 Å². The van der Waals surface area contributed by atoms with Crippen LogP contribution in [0.15, 0.2) is 30.5 Å². The smallest absolute Gasteiger partial charge is 0.410 e. The van der Waals surface area contributed by atoms with Crippen LogP contribution in [0.1, 0.15) is 5.56 Å². The van der Waals surface area contributed by atoms with E-state index in [0.717, 1.165) is 12.1 Å². The van der Waals surface area contributed by atoms with Crippen LogP contribution in [-0.4, -0.2) is 35.7 Å². The Morgan fingerprint density at radius 1 is 1.24 bits per heavy atom. The van der Waals surface area contributed by atoms with Gasteiger partial charge >= 0.3 is 12.7 Å². The third kappa shape index (κ3) is 3.81. The molecule has 0 saturated carbocycles. The van der Waals surface area contributed by atoms with Crippen molar-refractivity contribution in [2.24, 2.45) is 0 Å². The number of carbonyl (C=O) groups excluding carboxylic acids is 1. The number of alkyl halides is 2. The van der Waals surface area contributed by atoms with Gasteiger partial charge in [-0.15, -0.1) is 0 Å². The molecule has 0 aliphatic carbocycles. The molecule has 1 amide bonds. The van der Waals surface area contributed by atoms with E-state index in [-0.39, 0.29) is 18.7 Å². The zero-order valence-electron chi connectivity index (χ0n) is 12.7. The predicted octanol–water partition coefficient (Wildman–Crippen LogP) is 3.58. The van der Waals surface area contributed by atoms with Crippen LogP contribution in [0, 0.1) is 11.8 Å². The summed E-state index contributed by atoms with van der Waals surface area (Å²) in [5.41, 5.74) is 0.801. The molecule has 1 aromatic carbocycles. The van der Waals surface area contributed by atoms with Crippen LogP contribution < -0.4 is 4.74 Å². The Bertz CT molecular complexity index is 801. The van der Waals surface area contributed by atoms with Crippen LogP contribution in [0.25, 0.3) is 11.1 Å². The van der Waals surface area contributed by atoms with Crippen LogP contribution in [0.4, 0.5) is 22.4 Å². The molecular weight excluding hydrogens is 344 g/mol. The summed E-state index contributed by atoms with van der Waals surface area (Å²) >= 11 is 0. The normalized spacial score (nSPS) is 14.1. The number of cyclic esters (lactones) is 1. The first-order valence-corrected chi connectivity index (χ1v) is 7.25. The van der Waals surface area contributed by atoms with Gasteiger partial charge in [0.15, 0.2) is 11.6 Å². The number of ether oxygens (including phenoxy) is 2. The van der Waals surface area contributed by atoms with E-state index in [0.29, 0.717) is 17.7 Å². The van der Waals surface area contributed by atoms with Gasteiger partial charge < -0.3 is 14.4 Å². The van der Waals surface area contributed by atoms with Gasteiger partial charge in [-0.2, -0.15) is 13.2 Å². The van der Waals surface area contributed by atoms with E-state index in [1.165, 1.54) is 23.2 Å². The molecule has 25 heavy (non-hydrogen) atoms. The molecule has 3 rings (SSSR count). The van der Waals surface area contributed by atoms with Crippen molar-refractivity contribution in [1.82, 2.24) is 9.88 Å². The lowest BCUT2D eigenvalue weighted by atomic mass is 10.1. The lowest BCUT2D eigenvalue weighted by Gasteiger charge is -2.14. The summed E-state index contributed by atoms with van der Waals surface area (Å²) in [4.78, 5) is 16.4. The Kier molecular flexibility index (Phi) is 4.73. The number of hydrogen-bond acceptors (Lipinski definition) is 4. The van der Waals surface area contributed by atoms with Crippen molar-refractivity contribution in [2.45, 2.75) is 13.2 Å². The molecule has 0 bridgehead atoms. The van der Waals surface area contributed by atoms with E-state index in [2.05, 4.69) is 9.72 Å². The molecule has 1 aromatic heterocycles. The maximum atomic E-state index is 13.9. The highest BCUT2D eigenvalue weighted by molar-refractivity contribution is 5.69. The first-order chi connectivity index (χ1) is 11.9. The second-order valence-corrected chi connectivity index (χ2v) is 5.23. The van der Waals surface area contributed by atoms with Crippen LogP contribution in [0.2, 0.25) is 0 Å². The number of rotatable bonds is 5. The standard InChI is InChI=1S/C16H12F4N2O3/c17-12-2-1-9(6-13(12)25-15(19)20)10-5-11(14(18)21-7-10)8-22-3-4-24-16(22)23/h1-2,5-7,15H,3-4,8H2. The van der Waals surface area contributed by atoms with Crippen LogP contribution in [0.3, 0.4) is 0 Å². The second-order valence-electron chi connectivity index (χ2n) is 5.23. The minimum Gasteiger partial charge on any atom is -0.448 e. The first kappa shape index (κ1) is 17.0.